The van der Waals surface area contributed by atoms with E-state index in [2.05, 4.69) is 12.1 Å². The predicted molar refractivity (Wildman–Crippen MR) is 109 cm³/mol. The van der Waals surface area contributed by atoms with Gasteiger partial charge >= 0.3 is 0 Å². The number of carbonyl (C=O) groups excluding carboxylic acids is 1. The summed E-state index contributed by atoms with van der Waals surface area (Å²) in [7, 11) is 1.68. The van der Waals surface area contributed by atoms with Crippen molar-refractivity contribution < 1.29 is 13.9 Å². The second-order valence-corrected chi connectivity index (χ2v) is 7.96. The van der Waals surface area contributed by atoms with E-state index in [0.717, 1.165) is 48.4 Å². The van der Waals surface area contributed by atoms with E-state index in [1.165, 1.54) is 4.90 Å². The van der Waals surface area contributed by atoms with E-state index in [1.807, 2.05) is 59.1 Å². The van der Waals surface area contributed by atoms with E-state index < -0.39 is 0 Å². The molecule has 5 heteroatoms. The summed E-state index contributed by atoms with van der Waals surface area (Å²) < 4.78 is 10.9. The van der Waals surface area contributed by atoms with E-state index in [9.17, 15) is 4.79 Å². The number of nitrogens with zero attached hydrogens (tertiary/aromatic N) is 1. The molecule has 1 aliphatic rings. The van der Waals surface area contributed by atoms with Gasteiger partial charge in [0.05, 0.1) is 7.11 Å². The van der Waals surface area contributed by atoms with E-state index in [0.29, 0.717) is 11.7 Å². The lowest BCUT2D eigenvalue weighted by Gasteiger charge is -2.31. The Hall–Kier alpha value is -2.40. The number of fused-ring (bicyclic) bond motifs is 1. The van der Waals surface area contributed by atoms with Crippen LogP contribution in [-0.4, -0.2) is 36.8 Å². The van der Waals surface area contributed by atoms with Crippen LogP contribution >= 0.6 is 11.8 Å². The monoisotopic (exact) mass is 381 g/mol. The van der Waals surface area contributed by atoms with Crippen LogP contribution in [0.15, 0.2) is 63.9 Å². The summed E-state index contributed by atoms with van der Waals surface area (Å²) in [6.45, 7) is 1.59. The normalized spacial score (nSPS) is 15.2. The van der Waals surface area contributed by atoms with Crippen molar-refractivity contribution >= 4 is 28.6 Å². The summed E-state index contributed by atoms with van der Waals surface area (Å²) in [6, 6.07) is 17.8. The zero-order valence-corrected chi connectivity index (χ0v) is 16.2. The first-order chi connectivity index (χ1) is 13.2. The summed E-state index contributed by atoms with van der Waals surface area (Å²) >= 11 is 1.88. The number of amides is 1. The third-order valence-corrected chi connectivity index (χ3v) is 6.33. The Balaban J connectivity index is 1.29. The smallest absolute Gasteiger partial charge is 0.289 e. The Morgan fingerprint density at radius 3 is 2.59 bits per heavy atom. The average molecular weight is 381 g/mol. The van der Waals surface area contributed by atoms with Gasteiger partial charge in [0.25, 0.3) is 5.91 Å². The van der Waals surface area contributed by atoms with Crippen LogP contribution in [0.2, 0.25) is 0 Å². The second kappa shape index (κ2) is 8.09. The van der Waals surface area contributed by atoms with Gasteiger partial charge in [0.2, 0.25) is 0 Å². The molecule has 1 aromatic heterocycles. The first kappa shape index (κ1) is 18.0. The molecule has 0 N–H and O–H groups in total. The van der Waals surface area contributed by atoms with E-state index in [1.54, 1.807) is 7.11 Å². The Bertz CT molecular complexity index is 878. The van der Waals surface area contributed by atoms with Crippen LogP contribution < -0.4 is 4.74 Å². The van der Waals surface area contributed by atoms with Crippen LogP contribution in [0.3, 0.4) is 0 Å². The fourth-order valence-corrected chi connectivity index (χ4v) is 4.52. The summed E-state index contributed by atoms with van der Waals surface area (Å²) in [5.74, 6) is 3.06. The highest BCUT2D eigenvalue weighted by atomic mass is 32.2. The highest BCUT2D eigenvalue weighted by molar-refractivity contribution is 7.99. The van der Waals surface area contributed by atoms with Gasteiger partial charge in [0, 0.05) is 29.1 Å². The SMILES string of the molecule is COc1ccc(SCC2CCN(C(=O)c3cc4ccccc4o3)CC2)cc1. The predicted octanol–water partition coefficient (Wildman–Crippen LogP) is 5.09. The second-order valence-electron chi connectivity index (χ2n) is 6.87. The van der Waals surface area contributed by atoms with Crippen LogP contribution in [-0.2, 0) is 0 Å². The molecule has 27 heavy (non-hydrogen) atoms. The van der Waals surface area contributed by atoms with Crippen LogP contribution in [0.25, 0.3) is 11.0 Å². The van der Waals surface area contributed by atoms with Crippen molar-refractivity contribution in [3.8, 4) is 5.75 Å². The lowest BCUT2D eigenvalue weighted by Crippen LogP contribution is -2.38. The van der Waals surface area contributed by atoms with E-state index in [-0.39, 0.29) is 5.91 Å². The number of furan rings is 1. The quantitative estimate of drug-likeness (QED) is 0.578. The van der Waals surface area contributed by atoms with E-state index in [4.69, 9.17) is 9.15 Å². The Morgan fingerprint density at radius 1 is 1.15 bits per heavy atom. The maximum absolute atomic E-state index is 12.7. The highest BCUT2D eigenvalue weighted by Crippen LogP contribution is 2.29. The molecule has 0 saturated carbocycles. The molecule has 1 aliphatic heterocycles. The molecular formula is C22H23NO3S. The van der Waals surface area contributed by atoms with Crippen molar-refractivity contribution in [2.24, 2.45) is 5.92 Å². The van der Waals surface area contributed by atoms with Gasteiger partial charge in [0.1, 0.15) is 11.3 Å². The topological polar surface area (TPSA) is 42.7 Å². The lowest BCUT2D eigenvalue weighted by atomic mass is 9.99. The van der Waals surface area contributed by atoms with Gasteiger partial charge < -0.3 is 14.1 Å². The number of piperidine rings is 1. The molecule has 140 valence electrons. The van der Waals surface area contributed by atoms with Gasteiger partial charge in [-0.3, -0.25) is 4.79 Å². The number of rotatable bonds is 5. The molecule has 0 atom stereocenters. The number of benzene rings is 2. The Morgan fingerprint density at radius 2 is 1.89 bits per heavy atom. The van der Waals surface area contributed by atoms with E-state index >= 15 is 0 Å². The molecular weight excluding hydrogens is 358 g/mol. The number of carbonyl (C=O) groups is 1. The number of thioether (sulfide) groups is 1. The lowest BCUT2D eigenvalue weighted by molar-refractivity contribution is 0.0669. The van der Waals surface area contributed by atoms with Crippen LogP contribution in [0.5, 0.6) is 5.75 Å². The maximum atomic E-state index is 12.7. The number of para-hydroxylation sites is 1. The molecule has 3 aromatic rings. The van der Waals surface area contributed by atoms with Crippen LogP contribution in [0, 0.1) is 5.92 Å². The largest absolute Gasteiger partial charge is 0.497 e. The first-order valence-corrected chi connectivity index (χ1v) is 10.3. The summed E-state index contributed by atoms with van der Waals surface area (Å²) in [5.41, 5.74) is 0.770. The molecule has 1 fully saturated rings. The third kappa shape index (κ3) is 4.14. The number of hydrogen-bond donors (Lipinski definition) is 0. The summed E-state index contributed by atoms with van der Waals surface area (Å²) in [4.78, 5) is 15.9. The van der Waals surface area contributed by atoms with Gasteiger partial charge in [-0.1, -0.05) is 18.2 Å². The van der Waals surface area contributed by atoms with Gasteiger partial charge in [-0.25, -0.2) is 0 Å². The maximum Gasteiger partial charge on any atom is 0.289 e. The van der Waals surface area contributed by atoms with Gasteiger partial charge in [-0.15, -0.1) is 11.8 Å². The minimum atomic E-state index is 0.00691. The Labute approximate surface area is 163 Å². The van der Waals surface area contributed by atoms with Crippen molar-refractivity contribution in [2.45, 2.75) is 17.7 Å². The molecule has 4 nitrogen and oxygen atoms in total. The first-order valence-electron chi connectivity index (χ1n) is 9.27. The summed E-state index contributed by atoms with van der Waals surface area (Å²) in [5, 5.41) is 0.978. The molecule has 1 amide bonds. The van der Waals surface area contributed by atoms with Crippen molar-refractivity contribution in [1.29, 1.82) is 0 Å². The Kier molecular flexibility index (Phi) is 5.39. The third-order valence-electron chi connectivity index (χ3n) is 5.08. The average Bonchev–Trinajstić information content (AvgIpc) is 3.17. The zero-order chi connectivity index (χ0) is 18.6. The van der Waals surface area contributed by atoms with Gasteiger partial charge in [0.15, 0.2) is 5.76 Å². The summed E-state index contributed by atoms with van der Waals surface area (Å²) in [6.07, 6.45) is 2.07. The van der Waals surface area contributed by atoms with Crippen molar-refractivity contribution in [3.63, 3.8) is 0 Å². The molecule has 1 saturated heterocycles. The molecule has 0 radical (unpaired) electrons. The number of hydrogen-bond acceptors (Lipinski definition) is 4. The highest BCUT2D eigenvalue weighted by Gasteiger charge is 2.25. The van der Waals surface area contributed by atoms with Crippen molar-refractivity contribution in [1.82, 2.24) is 4.90 Å². The number of methoxy groups -OCH3 is 1. The number of likely N-dealkylation sites (tertiary alicyclic amines) is 1. The molecule has 0 unspecified atom stereocenters. The zero-order valence-electron chi connectivity index (χ0n) is 15.4. The fourth-order valence-electron chi connectivity index (χ4n) is 3.43. The molecule has 0 aliphatic carbocycles. The van der Waals surface area contributed by atoms with Crippen molar-refractivity contribution in [3.05, 3.63) is 60.4 Å². The standard InChI is InChI=1S/C22H23NO3S/c1-25-18-6-8-19(9-7-18)27-15-16-10-12-23(13-11-16)22(24)21-14-17-4-2-3-5-20(17)26-21/h2-9,14,16H,10-13,15H2,1H3. The molecule has 2 aromatic carbocycles. The van der Waals surface area contributed by atoms with Crippen LogP contribution in [0.1, 0.15) is 23.4 Å². The minimum Gasteiger partial charge on any atom is -0.497 e. The number of ether oxygens (including phenoxy) is 1. The van der Waals surface area contributed by atoms with Gasteiger partial charge in [-0.2, -0.15) is 0 Å². The molecule has 0 bridgehead atoms. The van der Waals surface area contributed by atoms with Gasteiger partial charge in [-0.05, 0) is 55.2 Å². The molecule has 2 heterocycles. The molecule has 0 spiro atoms. The minimum absolute atomic E-state index is 0.00691. The van der Waals surface area contributed by atoms with Crippen molar-refractivity contribution in [2.75, 3.05) is 26.0 Å². The van der Waals surface area contributed by atoms with Crippen LogP contribution in [0.4, 0.5) is 0 Å². The fraction of sp³-hybridized carbons (Fsp3) is 0.318. The molecule has 4 rings (SSSR count).